The van der Waals surface area contributed by atoms with Crippen molar-refractivity contribution >= 4 is 17.7 Å². The first kappa shape index (κ1) is 17.9. The van der Waals surface area contributed by atoms with E-state index in [9.17, 15) is 9.90 Å². The molecule has 0 unspecified atom stereocenters. The number of carbonyl (C=O) groups is 1. The lowest BCUT2D eigenvalue weighted by Crippen LogP contribution is -2.54. The molecular weight excluding hydrogens is 334 g/mol. The van der Waals surface area contributed by atoms with Crippen molar-refractivity contribution in [2.45, 2.75) is 30.0 Å². The Hall–Kier alpha value is -1.89. The Kier molecular flexibility index (Phi) is 6.44. The van der Waals surface area contributed by atoms with E-state index in [1.807, 2.05) is 48.5 Å². The third-order valence-corrected chi connectivity index (χ3v) is 5.25. The molecule has 1 amide bonds. The Morgan fingerprint density at radius 2 is 2.04 bits per heavy atom. The number of aliphatic hydroxyl groups excluding tert-OH is 1. The molecule has 0 spiro atoms. The topological polar surface area (TPSA) is 65.5 Å². The number of thioether (sulfide) groups is 1. The molecule has 1 aliphatic heterocycles. The fraction of sp³-hybridized carbons (Fsp3) is 0.368. The van der Waals surface area contributed by atoms with E-state index in [1.165, 1.54) is 11.8 Å². The maximum Gasteiger partial charge on any atom is 0.230 e. The second-order valence-corrected chi connectivity index (χ2v) is 7.24. The van der Waals surface area contributed by atoms with Gasteiger partial charge in [0.05, 0.1) is 23.6 Å². The number of likely N-dealkylation sites (tertiary alicyclic amines) is 1. The van der Waals surface area contributed by atoms with E-state index in [4.69, 9.17) is 0 Å². The third-order valence-electron chi connectivity index (χ3n) is 4.24. The number of pyridine rings is 1. The highest BCUT2D eigenvalue weighted by atomic mass is 32.2. The highest BCUT2D eigenvalue weighted by molar-refractivity contribution is 8.00. The molecule has 25 heavy (non-hydrogen) atoms. The van der Waals surface area contributed by atoms with E-state index in [2.05, 4.69) is 15.2 Å². The standard InChI is InChI=1S/C19H23N3O2S/c23-18-13-22(12-15-6-4-5-10-20-15)11-9-17(18)21-19(24)14-25-16-7-2-1-3-8-16/h1-8,10,17-18,23H,9,11-14H2,(H,21,24)/t17-,18-/m1/s1. The van der Waals surface area contributed by atoms with Gasteiger partial charge in [0.15, 0.2) is 0 Å². The fourth-order valence-corrected chi connectivity index (χ4v) is 3.67. The van der Waals surface area contributed by atoms with Crippen LogP contribution in [0.25, 0.3) is 0 Å². The van der Waals surface area contributed by atoms with Gasteiger partial charge < -0.3 is 10.4 Å². The van der Waals surface area contributed by atoms with Crippen molar-refractivity contribution in [3.63, 3.8) is 0 Å². The van der Waals surface area contributed by atoms with Crippen LogP contribution in [0.3, 0.4) is 0 Å². The van der Waals surface area contributed by atoms with Crippen molar-refractivity contribution in [3.8, 4) is 0 Å². The van der Waals surface area contributed by atoms with E-state index in [0.717, 1.165) is 30.1 Å². The van der Waals surface area contributed by atoms with Crippen LogP contribution in [0.1, 0.15) is 12.1 Å². The summed E-state index contributed by atoms with van der Waals surface area (Å²) in [5, 5.41) is 13.3. The van der Waals surface area contributed by atoms with Gasteiger partial charge in [0.25, 0.3) is 0 Å². The SMILES string of the molecule is O=C(CSc1ccccc1)N[C@@H]1CCN(Cc2ccccn2)C[C@H]1O. The highest BCUT2D eigenvalue weighted by Crippen LogP contribution is 2.17. The lowest BCUT2D eigenvalue weighted by atomic mass is 10.0. The molecule has 1 fully saturated rings. The first-order valence-corrected chi connectivity index (χ1v) is 9.47. The van der Waals surface area contributed by atoms with Crippen molar-refractivity contribution in [2.24, 2.45) is 0 Å². The predicted molar refractivity (Wildman–Crippen MR) is 99.2 cm³/mol. The zero-order chi connectivity index (χ0) is 17.5. The molecule has 0 saturated carbocycles. The van der Waals surface area contributed by atoms with Crippen molar-refractivity contribution in [2.75, 3.05) is 18.8 Å². The summed E-state index contributed by atoms with van der Waals surface area (Å²) < 4.78 is 0. The number of rotatable bonds is 6. The largest absolute Gasteiger partial charge is 0.390 e. The molecule has 1 aliphatic rings. The molecule has 1 aromatic carbocycles. The van der Waals surface area contributed by atoms with Crippen molar-refractivity contribution in [3.05, 3.63) is 60.4 Å². The number of nitrogens with one attached hydrogen (secondary N) is 1. The molecule has 0 radical (unpaired) electrons. The van der Waals surface area contributed by atoms with E-state index in [1.54, 1.807) is 6.20 Å². The molecule has 5 nitrogen and oxygen atoms in total. The van der Waals surface area contributed by atoms with Gasteiger partial charge in [-0.1, -0.05) is 24.3 Å². The molecule has 0 bridgehead atoms. The highest BCUT2D eigenvalue weighted by Gasteiger charge is 2.28. The Morgan fingerprint density at radius 3 is 2.76 bits per heavy atom. The third kappa shape index (κ3) is 5.56. The number of amides is 1. The van der Waals surface area contributed by atoms with E-state index in [0.29, 0.717) is 12.3 Å². The molecule has 0 aliphatic carbocycles. The Labute approximate surface area is 152 Å². The molecule has 2 aromatic rings. The van der Waals surface area contributed by atoms with Crippen molar-refractivity contribution < 1.29 is 9.90 Å². The minimum absolute atomic E-state index is 0.0314. The monoisotopic (exact) mass is 357 g/mol. The lowest BCUT2D eigenvalue weighted by Gasteiger charge is -2.36. The second kappa shape index (κ2) is 8.99. The molecule has 2 atom stereocenters. The van der Waals surface area contributed by atoms with Gasteiger partial charge in [0, 0.05) is 30.7 Å². The minimum Gasteiger partial charge on any atom is -0.390 e. The molecule has 6 heteroatoms. The second-order valence-electron chi connectivity index (χ2n) is 6.19. The summed E-state index contributed by atoms with van der Waals surface area (Å²) in [6, 6.07) is 15.5. The summed E-state index contributed by atoms with van der Waals surface area (Å²) in [7, 11) is 0. The van der Waals surface area contributed by atoms with Gasteiger partial charge in [-0.2, -0.15) is 0 Å². The predicted octanol–water partition coefficient (Wildman–Crippen LogP) is 1.93. The fourth-order valence-electron chi connectivity index (χ4n) is 2.94. The maximum atomic E-state index is 12.1. The first-order chi connectivity index (χ1) is 12.2. The summed E-state index contributed by atoms with van der Waals surface area (Å²) in [6.45, 7) is 2.11. The van der Waals surface area contributed by atoms with Gasteiger partial charge in [-0.3, -0.25) is 14.7 Å². The summed E-state index contributed by atoms with van der Waals surface area (Å²) in [6.07, 6.45) is 1.97. The zero-order valence-corrected chi connectivity index (χ0v) is 14.9. The molecule has 2 N–H and O–H groups in total. The molecular formula is C19H23N3O2S. The average molecular weight is 357 g/mol. The Bertz CT molecular complexity index is 669. The van der Waals surface area contributed by atoms with Crippen LogP contribution in [0.4, 0.5) is 0 Å². The number of hydrogen-bond donors (Lipinski definition) is 2. The van der Waals surface area contributed by atoms with Crippen LogP contribution >= 0.6 is 11.8 Å². The lowest BCUT2D eigenvalue weighted by molar-refractivity contribution is -0.120. The van der Waals surface area contributed by atoms with Gasteiger partial charge in [-0.05, 0) is 30.7 Å². The maximum absolute atomic E-state index is 12.1. The van der Waals surface area contributed by atoms with E-state index < -0.39 is 6.10 Å². The van der Waals surface area contributed by atoms with Gasteiger partial charge >= 0.3 is 0 Å². The summed E-state index contributed by atoms with van der Waals surface area (Å²) >= 11 is 1.51. The van der Waals surface area contributed by atoms with Crippen LogP contribution < -0.4 is 5.32 Å². The van der Waals surface area contributed by atoms with Crippen LogP contribution in [0, 0.1) is 0 Å². The van der Waals surface area contributed by atoms with Crippen LogP contribution in [-0.2, 0) is 11.3 Å². The quantitative estimate of drug-likeness (QED) is 0.774. The van der Waals surface area contributed by atoms with Gasteiger partial charge in [-0.15, -0.1) is 11.8 Å². The van der Waals surface area contributed by atoms with Crippen LogP contribution in [0.15, 0.2) is 59.6 Å². The van der Waals surface area contributed by atoms with Crippen LogP contribution in [0.5, 0.6) is 0 Å². The number of carbonyl (C=O) groups excluding carboxylic acids is 1. The molecule has 1 aromatic heterocycles. The number of piperidine rings is 1. The minimum atomic E-state index is -0.553. The molecule has 132 valence electrons. The zero-order valence-electron chi connectivity index (χ0n) is 14.0. The van der Waals surface area contributed by atoms with Crippen LogP contribution in [0.2, 0.25) is 0 Å². The summed E-state index contributed by atoms with van der Waals surface area (Å²) in [5.74, 6) is 0.335. The summed E-state index contributed by atoms with van der Waals surface area (Å²) in [4.78, 5) is 19.7. The molecule has 3 rings (SSSR count). The van der Waals surface area contributed by atoms with Gasteiger partial charge in [0.1, 0.15) is 0 Å². The Balaban J connectivity index is 1.43. The smallest absolute Gasteiger partial charge is 0.230 e. The normalized spacial score (nSPS) is 21.0. The summed E-state index contributed by atoms with van der Waals surface area (Å²) in [5.41, 5.74) is 0.997. The molecule has 1 saturated heterocycles. The first-order valence-electron chi connectivity index (χ1n) is 8.48. The Morgan fingerprint density at radius 1 is 1.24 bits per heavy atom. The number of hydrogen-bond acceptors (Lipinski definition) is 5. The number of nitrogens with zero attached hydrogens (tertiary/aromatic N) is 2. The molecule has 2 heterocycles. The van der Waals surface area contributed by atoms with Crippen molar-refractivity contribution in [1.29, 1.82) is 0 Å². The average Bonchev–Trinajstić information content (AvgIpc) is 2.64. The number of benzene rings is 1. The van der Waals surface area contributed by atoms with Crippen LogP contribution in [-0.4, -0.2) is 51.9 Å². The van der Waals surface area contributed by atoms with Crippen molar-refractivity contribution in [1.82, 2.24) is 15.2 Å². The van der Waals surface area contributed by atoms with Gasteiger partial charge in [0.2, 0.25) is 5.91 Å². The number of β-amino-alcohol motifs (C(OH)–C–C–N with tert-alkyl or cyclic N) is 1. The number of aliphatic hydroxyl groups is 1. The van der Waals surface area contributed by atoms with E-state index in [-0.39, 0.29) is 11.9 Å². The van der Waals surface area contributed by atoms with Gasteiger partial charge in [-0.25, -0.2) is 0 Å². The number of aromatic nitrogens is 1. The van der Waals surface area contributed by atoms with E-state index >= 15 is 0 Å².